The van der Waals surface area contributed by atoms with Crippen LogP contribution in [0.5, 0.6) is 5.75 Å². The maximum absolute atomic E-state index is 13.2. The number of phenols is 1. The lowest BCUT2D eigenvalue weighted by atomic mass is 10.0. The number of nitriles is 1. The summed E-state index contributed by atoms with van der Waals surface area (Å²) in [4.78, 5) is 17.7. The number of hydrogen-bond donors (Lipinski definition) is 1. The van der Waals surface area contributed by atoms with Gasteiger partial charge < -0.3 is 5.11 Å². The minimum absolute atomic E-state index is 0.0869. The van der Waals surface area contributed by atoms with Gasteiger partial charge in [-0.3, -0.25) is 9.20 Å². The molecule has 0 aliphatic carbocycles. The molecule has 0 bridgehead atoms. The van der Waals surface area contributed by atoms with Gasteiger partial charge in [0.2, 0.25) is 0 Å². The third kappa shape index (κ3) is 3.11. The van der Waals surface area contributed by atoms with E-state index in [1.165, 1.54) is 4.40 Å². The van der Waals surface area contributed by atoms with Gasteiger partial charge in [-0.05, 0) is 43.2 Å². The van der Waals surface area contributed by atoms with Crippen molar-refractivity contribution in [2.45, 2.75) is 13.8 Å². The number of rotatable bonds is 2. The lowest BCUT2D eigenvalue weighted by Gasteiger charge is -2.04. The topological polar surface area (TPSA) is 78.4 Å². The van der Waals surface area contributed by atoms with Crippen LogP contribution in [0.15, 0.2) is 47.3 Å². The number of fused-ring (bicyclic) bond motifs is 1. The van der Waals surface area contributed by atoms with Crippen molar-refractivity contribution >= 4 is 34.9 Å². The van der Waals surface area contributed by atoms with Gasteiger partial charge in [-0.15, -0.1) is 0 Å². The van der Waals surface area contributed by atoms with E-state index in [9.17, 15) is 15.2 Å². The molecule has 0 radical (unpaired) electrons. The van der Waals surface area contributed by atoms with Crippen molar-refractivity contribution in [3.8, 4) is 22.9 Å². The van der Waals surface area contributed by atoms with Crippen LogP contribution in [0.3, 0.4) is 0 Å². The summed E-state index contributed by atoms with van der Waals surface area (Å²) < 4.78 is 1.44. The zero-order chi connectivity index (χ0) is 21.6. The highest BCUT2D eigenvalue weighted by molar-refractivity contribution is 6.37. The van der Waals surface area contributed by atoms with Crippen LogP contribution in [0.4, 0.5) is 0 Å². The van der Waals surface area contributed by atoms with Gasteiger partial charge in [-0.1, -0.05) is 53.5 Å². The summed E-state index contributed by atoms with van der Waals surface area (Å²) in [7, 11) is 0. The molecule has 0 atom stereocenters. The fraction of sp³-hybridized carbons (Fsp3) is 0.0870. The molecular weight excluding hydrogens is 421 g/mol. The van der Waals surface area contributed by atoms with Crippen molar-refractivity contribution in [1.29, 1.82) is 5.26 Å². The zero-order valence-electron chi connectivity index (χ0n) is 16.1. The minimum atomic E-state index is -0.251. The van der Waals surface area contributed by atoms with Crippen LogP contribution in [0.1, 0.15) is 22.4 Å². The van der Waals surface area contributed by atoms with Gasteiger partial charge in [-0.2, -0.15) is 5.26 Å². The van der Waals surface area contributed by atoms with Crippen molar-refractivity contribution in [2.24, 2.45) is 0 Å². The Bertz CT molecular complexity index is 1450. The first-order valence-corrected chi connectivity index (χ1v) is 9.80. The second kappa shape index (κ2) is 7.49. The maximum Gasteiger partial charge on any atom is 0.261 e. The lowest BCUT2D eigenvalue weighted by molar-refractivity contribution is 0.476. The molecule has 7 heteroatoms. The fourth-order valence-electron chi connectivity index (χ4n) is 3.42. The largest absolute Gasteiger partial charge is 0.505 e. The first kappa shape index (κ1) is 20.0. The highest BCUT2D eigenvalue weighted by Gasteiger charge is 2.20. The SMILES string of the molecule is Cc1nc2c(C#N)c(-c3ccccc3)c(=Cc3cc(Cl)c(O)c(Cl)c3)n2c(=O)c1C. The quantitative estimate of drug-likeness (QED) is 0.505. The molecule has 2 aromatic carbocycles. The zero-order valence-corrected chi connectivity index (χ0v) is 17.6. The number of benzene rings is 2. The van der Waals surface area contributed by atoms with Crippen LogP contribution >= 0.6 is 23.2 Å². The molecule has 1 N–H and O–H groups in total. The van der Waals surface area contributed by atoms with E-state index in [2.05, 4.69) is 11.1 Å². The molecule has 0 saturated heterocycles. The first-order chi connectivity index (χ1) is 14.3. The maximum atomic E-state index is 13.2. The van der Waals surface area contributed by atoms with E-state index in [1.54, 1.807) is 32.1 Å². The summed E-state index contributed by atoms with van der Waals surface area (Å²) in [6.45, 7) is 3.45. The Morgan fingerprint density at radius 1 is 1.13 bits per heavy atom. The summed E-state index contributed by atoms with van der Waals surface area (Å²) in [6.07, 6.45) is 1.71. The van der Waals surface area contributed by atoms with Gasteiger partial charge in [0.05, 0.1) is 15.4 Å². The second-order valence-corrected chi connectivity index (χ2v) is 7.69. The molecule has 4 rings (SSSR count). The third-order valence-electron chi connectivity index (χ3n) is 5.04. The number of aromatic hydroxyl groups is 1. The van der Waals surface area contributed by atoms with E-state index in [0.717, 1.165) is 5.56 Å². The molecule has 0 aliphatic heterocycles. The Hall–Kier alpha value is -3.33. The third-order valence-corrected chi connectivity index (χ3v) is 5.62. The molecule has 0 unspecified atom stereocenters. The first-order valence-electron chi connectivity index (χ1n) is 9.04. The van der Waals surface area contributed by atoms with Crippen LogP contribution in [-0.4, -0.2) is 14.5 Å². The van der Waals surface area contributed by atoms with E-state index in [-0.39, 0.29) is 21.4 Å². The number of aromatic nitrogens is 2. The predicted octanol–water partition coefficient (Wildman–Crippen LogP) is 4.41. The molecule has 2 aromatic heterocycles. The molecule has 148 valence electrons. The Kier molecular flexibility index (Phi) is 4.98. The van der Waals surface area contributed by atoms with Gasteiger partial charge in [0, 0.05) is 16.8 Å². The Balaban J connectivity index is 2.25. The Morgan fingerprint density at radius 3 is 2.37 bits per heavy atom. The summed E-state index contributed by atoms with van der Waals surface area (Å²) in [5, 5.41) is 20.5. The van der Waals surface area contributed by atoms with E-state index in [4.69, 9.17) is 23.2 Å². The standard InChI is InChI=1S/C23H15Cl2N3O2/c1-12-13(2)27-22-16(11-26)20(15-6-4-3-5-7-15)19(28(22)23(12)30)10-14-8-17(24)21(29)18(25)9-14/h3-10,29H,1-2H3. The van der Waals surface area contributed by atoms with Gasteiger partial charge in [0.25, 0.3) is 5.56 Å². The van der Waals surface area contributed by atoms with Crippen LogP contribution in [-0.2, 0) is 0 Å². The molecule has 4 aromatic rings. The molecule has 0 saturated carbocycles. The summed E-state index contributed by atoms with van der Waals surface area (Å²) >= 11 is 12.2. The molecule has 5 nitrogen and oxygen atoms in total. The molecule has 2 heterocycles. The van der Waals surface area contributed by atoms with Crippen molar-refractivity contribution in [1.82, 2.24) is 9.38 Å². The average Bonchev–Trinajstić information content (AvgIpc) is 3.03. The summed E-state index contributed by atoms with van der Waals surface area (Å²) in [5.74, 6) is -0.214. The molecule has 0 amide bonds. The van der Waals surface area contributed by atoms with Crippen molar-refractivity contribution in [2.75, 3.05) is 0 Å². The highest BCUT2D eigenvalue weighted by Crippen LogP contribution is 2.33. The number of hydrogen-bond acceptors (Lipinski definition) is 4. The van der Waals surface area contributed by atoms with Crippen molar-refractivity contribution in [3.63, 3.8) is 0 Å². The molecule has 0 fully saturated rings. The van der Waals surface area contributed by atoms with Crippen molar-refractivity contribution in [3.05, 3.63) is 90.6 Å². The number of aryl methyl sites for hydroxylation is 1. The van der Waals surface area contributed by atoms with Gasteiger partial charge in [0.15, 0.2) is 11.4 Å². The summed E-state index contributed by atoms with van der Waals surface area (Å²) in [5.41, 5.74) is 3.36. The minimum Gasteiger partial charge on any atom is -0.505 e. The Morgan fingerprint density at radius 2 is 1.77 bits per heavy atom. The Labute approximate surface area is 182 Å². The number of nitrogens with zero attached hydrogens (tertiary/aromatic N) is 3. The number of halogens is 2. The molecule has 0 spiro atoms. The molecule has 30 heavy (non-hydrogen) atoms. The van der Waals surface area contributed by atoms with Crippen LogP contribution in [0.2, 0.25) is 10.0 Å². The fourth-order valence-corrected chi connectivity index (χ4v) is 3.92. The van der Waals surface area contributed by atoms with Gasteiger partial charge in [0.1, 0.15) is 11.6 Å². The van der Waals surface area contributed by atoms with E-state index < -0.39 is 0 Å². The monoisotopic (exact) mass is 435 g/mol. The second-order valence-electron chi connectivity index (χ2n) is 6.88. The average molecular weight is 436 g/mol. The van der Waals surface area contributed by atoms with Crippen molar-refractivity contribution < 1.29 is 5.11 Å². The predicted molar refractivity (Wildman–Crippen MR) is 118 cm³/mol. The van der Waals surface area contributed by atoms with E-state index in [1.807, 2.05) is 30.3 Å². The van der Waals surface area contributed by atoms with Crippen LogP contribution in [0, 0.1) is 25.2 Å². The smallest absolute Gasteiger partial charge is 0.261 e. The van der Waals surface area contributed by atoms with Gasteiger partial charge in [-0.25, -0.2) is 4.98 Å². The lowest BCUT2D eigenvalue weighted by Crippen LogP contribution is -2.27. The molecular formula is C23H15Cl2N3O2. The normalized spacial score (nSPS) is 11.8. The van der Waals surface area contributed by atoms with Crippen LogP contribution < -0.4 is 10.9 Å². The molecule has 0 aliphatic rings. The van der Waals surface area contributed by atoms with Gasteiger partial charge >= 0.3 is 0 Å². The highest BCUT2D eigenvalue weighted by atomic mass is 35.5. The van der Waals surface area contributed by atoms with E-state index in [0.29, 0.717) is 38.9 Å². The van der Waals surface area contributed by atoms with Crippen LogP contribution in [0.25, 0.3) is 22.9 Å². The number of phenolic OH excluding ortho intramolecular Hbond substituents is 1. The summed E-state index contributed by atoms with van der Waals surface area (Å²) in [6, 6.07) is 14.6. The van der Waals surface area contributed by atoms with E-state index >= 15 is 0 Å².